The molecule has 0 unspecified atom stereocenters. The third kappa shape index (κ3) is 3.81. The van der Waals surface area contributed by atoms with E-state index in [9.17, 15) is 9.18 Å². The standard InChI is InChI=1S/C17H19FN2O/c1-11-9-14(18)4-3-13(11)7-8-20-15-5-6-17(19)16(10-15)12(2)21/h3-6,9-10,20H,7-8,19H2,1-2H3. The van der Waals surface area contributed by atoms with Gasteiger partial charge in [-0.05, 0) is 61.7 Å². The number of anilines is 2. The minimum absolute atomic E-state index is 0.0504. The molecule has 21 heavy (non-hydrogen) atoms. The predicted molar refractivity (Wildman–Crippen MR) is 84.2 cm³/mol. The zero-order chi connectivity index (χ0) is 15.4. The molecule has 0 atom stereocenters. The van der Waals surface area contributed by atoms with Crippen LogP contribution in [0.4, 0.5) is 15.8 Å². The van der Waals surface area contributed by atoms with Gasteiger partial charge in [0.2, 0.25) is 0 Å². The van der Waals surface area contributed by atoms with Crippen LogP contribution in [-0.4, -0.2) is 12.3 Å². The van der Waals surface area contributed by atoms with Gasteiger partial charge in [-0.15, -0.1) is 0 Å². The molecule has 0 fully saturated rings. The van der Waals surface area contributed by atoms with Gasteiger partial charge in [-0.3, -0.25) is 4.79 Å². The fraction of sp³-hybridized carbons (Fsp3) is 0.235. The lowest BCUT2D eigenvalue weighted by atomic mass is 10.1. The number of halogens is 1. The maximum absolute atomic E-state index is 13.0. The summed E-state index contributed by atoms with van der Waals surface area (Å²) in [6.45, 7) is 4.10. The molecular weight excluding hydrogens is 267 g/mol. The maximum Gasteiger partial charge on any atom is 0.161 e. The Morgan fingerprint density at radius 1 is 1.24 bits per heavy atom. The summed E-state index contributed by atoms with van der Waals surface area (Å²) < 4.78 is 13.0. The maximum atomic E-state index is 13.0. The van der Waals surface area contributed by atoms with Crippen molar-refractivity contribution < 1.29 is 9.18 Å². The number of hydrogen-bond acceptors (Lipinski definition) is 3. The second kappa shape index (κ2) is 6.39. The molecule has 0 amide bonds. The molecule has 0 spiro atoms. The van der Waals surface area contributed by atoms with Crippen LogP contribution in [0.5, 0.6) is 0 Å². The summed E-state index contributed by atoms with van der Waals surface area (Å²) in [5, 5.41) is 3.26. The molecule has 0 radical (unpaired) electrons. The molecule has 0 bridgehead atoms. The molecule has 3 N–H and O–H groups in total. The largest absolute Gasteiger partial charge is 0.398 e. The molecule has 0 saturated heterocycles. The van der Waals surface area contributed by atoms with Gasteiger partial charge in [0.25, 0.3) is 0 Å². The first-order chi connectivity index (χ1) is 9.97. The zero-order valence-electron chi connectivity index (χ0n) is 12.2. The highest BCUT2D eigenvalue weighted by atomic mass is 19.1. The molecule has 2 aromatic rings. The van der Waals surface area contributed by atoms with Crippen LogP contribution < -0.4 is 11.1 Å². The van der Waals surface area contributed by atoms with Gasteiger partial charge < -0.3 is 11.1 Å². The van der Waals surface area contributed by atoms with E-state index in [-0.39, 0.29) is 11.6 Å². The van der Waals surface area contributed by atoms with E-state index in [4.69, 9.17) is 5.73 Å². The van der Waals surface area contributed by atoms with Crippen LogP contribution in [0.3, 0.4) is 0 Å². The van der Waals surface area contributed by atoms with Gasteiger partial charge in [0.15, 0.2) is 5.78 Å². The number of nitrogens with one attached hydrogen (secondary N) is 1. The van der Waals surface area contributed by atoms with E-state index in [0.717, 1.165) is 23.2 Å². The number of ketones is 1. The van der Waals surface area contributed by atoms with Crippen LogP contribution >= 0.6 is 0 Å². The first-order valence-electron chi connectivity index (χ1n) is 6.86. The number of hydrogen-bond donors (Lipinski definition) is 2. The summed E-state index contributed by atoms with van der Waals surface area (Å²) in [5.41, 5.74) is 9.68. The van der Waals surface area contributed by atoms with Crippen molar-refractivity contribution in [3.05, 3.63) is 58.9 Å². The first kappa shape index (κ1) is 15.0. The molecule has 0 heterocycles. The van der Waals surface area contributed by atoms with Gasteiger partial charge in [-0.25, -0.2) is 4.39 Å². The van der Waals surface area contributed by atoms with Gasteiger partial charge >= 0.3 is 0 Å². The molecule has 3 nitrogen and oxygen atoms in total. The Morgan fingerprint density at radius 3 is 2.67 bits per heavy atom. The minimum atomic E-state index is -0.214. The first-order valence-corrected chi connectivity index (χ1v) is 6.86. The quantitative estimate of drug-likeness (QED) is 0.652. The van der Waals surface area contributed by atoms with E-state index in [0.29, 0.717) is 17.8 Å². The summed E-state index contributed by atoms with van der Waals surface area (Å²) in [4.78, 5) is 11.4. The van der Waals surface area contributed by atoms with E-state index in [2.05, 4.69) is 5.32 Å². The van der Waals surface area contributed by atoms with Crippen LogP contribution in [0.25, 0.3) is 0 Å². The van der Waals surface area contributed by atoms with Crippen LogP contribution in [0.2, 0.25) is 0 Å². The monoisotopic (exact) mass is 286 g/mol. The molecule has 4 heteroatoms. The van der Waals surface area contributed by atoms with Crippen LogP contribution in [0.1, 0.15) is 28.4 Å². The zero-order valence-corrected chi connectivity index (χ0v) is 12.2. The average Bonchev–Trinajstić information content (AvgIpc) is 2.42. The highest BCUT2D eigenvalue weighted by Gasteiger charge is 2.06. The number of aryl methyl sites for hydroxylation is 1. The van der Waals surface area contributed by atoms with E-state index >= 15 is 0 Å². The fourth-order valence-electron chi connectivity index (χ4n) is 2.25. The lowest BCUT2D eigenvalue weighted by molar-refractivity contribution is 0.101. The van der Waals surface area contributed by atoms with Crippen molar-refractivity contribution >= 4 is 17.2 Å². The summed E-state index contributed by atoms with van der Waals surface area (Å²) >= 11 is 0. The van der Waals surface area contributed by atoms with Crippen molar-refractivity contribution in [3.63, 3.8) is 0 Å². The van der Waals surface area contributed by atoms with Gasteiger partial charge in [0.1, 0.15) is 5.82 Å². The summed E-state index contributed by atoms with van der Waals surface area (Å²) in [6, 6.07) is 10.1. The number of nitrogens with two attached hydrogens (primary N) is 1. The second-order valence-corrected chi connectivity index (χ2v) is 5.11. The summed E-state index contributed by atoms with van der Waals surface area (Å²) in [6.07, 6.45) is 0.784. The summed E-state index contributed by atoms with van der Waals surface area (Å²) in [5.74, 6) is -0.264. The minimum Gasteiger partial charge on any atom is -0.398 e. The summed E-state index contributed by atoms with van der Waals surface area (Å²) in [7, 11) is 0. The Hall–Kier alpha value is -2.36. The second-order valence-electron chi connectivity index (χ2n) is 5.11. The predicted octanol–water partition coefficient (Wildman–Crippen LogP) is 3.57. The van der Waals surface area contributed by atoms with Crippen molar-refractivity contribution in [1.29, 1.82) is 0 Å². The third-order valence-electron chi connectivity index (χ3n) is 3.46. The van der Waals surface area contributed by atoms with Gasteiger partial charge in [-0.1, -0.05) is 6.07 Å². The average molecular weight is 286 g/mol. The number of benzene rings is 2. The molecule has 0 aromatic heterocycles. The number of rotatable bonds is 5. The molecular formula is C17H19FN2O. The number of carbonyl (C=O) groups excluding carboxylic acids is 1. The van der Waals surface area contributed by atoms with Gasteiger partial charge in [0.05, 0.1) is 0 Å². The molecule has 0 aliphatic rings. The molecule has 2 aromatic carbocycles. The van der Waals surface area contributed by atoms with Crippen LogP contribution in [0.15, 0.2) is 36.4 Å². The molecule has 0 aliphatic heterocycles. The molecule has 0 saturated carbocycles. The van der Waals surface area contributed by atoms with Crippen molar-refractivity contribution in [2.75, 3.05) is 17.6 Å². The number of nitrogen functional groups attached to an aromatic ring is 1. The topological polar surface area (TPSA) is 55.1 Å². The van der Waals surface area contributed by atoms with Crippen LogP contribution in [-0.2, 0) is 6.42 Å². The van der Waals surface area contributed by atoms with Gasteiger partial charge in [0, 0.05) is 23.5 Å². The number of Topliss-reactive ketones (excluding diaryl/α,β-unsaturated/α-hetero) is 1. The lowest BCUT2D eigenvalue weighted by Crippen LogP contribution is -2.07. The molecule has 2 rings (SSSR count). The Labute approximate surface area is 124 Å². The molecule has 0 aliphatic carbocycles. The van der Waals surface area contributed by atoms with E-state index in [1.54, 1.807) is 18.2 Å². The Balaban J connectivity index is 2.00. The Kier molecular flexibility index (Phi) is 4.58. The van der Waals surface area contributed by atoms with Crippen molar-refractivity contribution in [2.24, 2.45) is 0 Å². The van der Waals surface area contributed by atoms with E-state index in [1.165, 1.54) is 19.1 Å². The third-order valence-corrected chi connectivity index (χ3v) is 3.46. The highest BCUT2D eigenvalue weighted by molar-refractivity contribution is 6.00. The Morgan fingerprint density at radius 2 is 2.00 bits per heavy atom. The van der Waals surface area contributed by atoms with Gasteiger partial charge in [-0.2, -0.15) is 0 Å². The van der Waals surface area contributed by atoms with E-state index in [1.807, 2.05) is 13.0 Å². The normalized spacial score (nSPS) is 10.4. The molecule has 110 valence electrons. The van der Waals surface area contributed by atoms with Crippen LogP contribution in [0, 0.1) is 12.7 Å². The van der Waals surface area contributed by atoms with Crippen molar-refractivity contribution in [1.82, 2.24) is 0 Å². The fourth-order valence-corrected chi connectivity index (χ4v) is 2.25. The highest BCUT2D eigenvalue weighted by Crippen LogP contribution is 2.18. The van der Waals surface area contributed by atoms with E-state index < -0.39 is 0 Å². The van der Waals surface area contributed by atoms with Crippen molar-refractivity contribution in [3.8, 4) is 0 Å². The lowest BCUT2D eigenvalue weighted by Gasteiger charge is -2.10. The smallest absolute Gasteiger partial charge is 0.161 e. The SMILES string of the molecule is CC(=O)c1cc(NCCc2ccc(F)cc2C)ccc1N. The van der Waals surface area contributed by atoms with Crippen molar-refractivity contribution in [2.45, 2.75) is 20.3 Å². The Bertz CT molecular complexity index is 668. The number of carbonyl (C=O) groups is 1.